The molecule has 102 valence electrons. The van der Waals surface area contributed by atoms with Crippen molar-refractivity contribution in [2.75, 3.05) is 26.2 Å². The Bertz CT molecular complexity index is 570. The van der Waals surface area contributed by atoms with E-state index in [0.29, 0.717) is 0 Å². The molecule has 4 heteroatoms. The lowest BCUT2D eigenvalue weighted by Crippen LogP contribution is -2.42. The third-order valence-electron chi connectivity index (χ3n) is 3.87. The molecule has 0 bridgehead atoms. The van der Waals surface area contributed by atoms with E-state index in [1.54, 1.807) is 0 Å². The molecule has 3 rings (SSSR count). The van der Waals surface area contributed by atoms with Crippen molar-refractivity contribution in [3.8, 4) is 0 Å². The first-order valence-corrected chi connectivity index (χ1v) is 7.36. The highest BCUT2D eigenvalue weighted by Gasteiger charge is 2.14. The average molecular weight is 278 g/mol. The van der Waals surface area contributed by atoms with Gasteiger partial charge in [-0.15, -0.1) is 0 Å². The lowest BCUT2D eigenvalue weighted by Gasteiger charge is -2.26. The van der Waals surface area contributed by atoms with E-state index in [-0.39, 0.29) is 0 Å². The molecule has 1 N–H and O–H groups in total. The number of nitrogens with zero attached hydrogens (tertiary/aromatic N) is 2. The molecule has 1 aromatic heterocycles. The van der Waals surface area contributed by atoms with Gasteiger partial charge in [0.15, 0.2) is 0 Å². The molecule has 3 nitrogen and oxygen atoms in total. The highest BCUT2D eigenvalue weighted by Crippen LogP contribution is 2.26. The molecule has 0 amide bonds. The molecule has 0 atom stereocenters. The highest BCUT2D eigenvalue weighted by molar-refractivity contribution is 6.31. The Morgan fingerprint density at radius 1 is 1.26 bits per heavy atom. The fourth-order valence-corrected chi connectivity index (χ4v) is 3.01. The molecule has 19 heavy (non-hydrogen) atoms. The molecule has 2 heterocycles. The van der Waals surface area contributed by atoms with Crippen LogP contribution in [0.4, 0.5) is 0 Å². The van der Waals surface area contributed by atoms with E-state index in [9.17, 15) is 0 Å². The molecular weight excluding hydrogens is 258 g/mol. The number of rotatable bonds is 3. The Balaban J connectivity index is 1.94. The Kier molecular flexibility index (Phi) is 3.78. The van der Waals surface area contributed by atoms with Gasteiger partial charge in [-0.3, -0.25) is 4.90 Å². The summed E-state index contributed by atoms with van der Waals surface area (Å²) in [5, 5.41) is 5.55. The van der Waals surface area contributed by atoms with Gasteiger partial charge in [-0.25, -0.2) is 0 Å². The SMILES string of the molecule is CCn1cc(CN2CCNCC2)c2ccc(Cl)cc21. The summed E-state index contributed by atoms with van der Waals surface area (Å²) in [6.45, 7) is 8.65. The highest BCUT2D eigenvalue weighted by atomic mass is 35.5. The summed E-state index contributed by atoms with van der Waals surface area (Å²) in [5.74, 6) is 0. The maximum atomic E-state index is 6.12. The van der Waals surface area contributed by atoms with Crippen molar-refractivity contribution in [3.05, 3.63) is 35.0 Å². The number of benzene rings is 1. The van der Waals surface area contributed by atoms with E-state index in [1.807, 2.05) is 6.07 Å². The van der Waals surface area contributed by atoms with Crippen LogP contribution in [0.2, 0.25) is 5.02 Å². The second-order valence-electron chi connectivity index (χ2n) is 5.13. The predicted molar refractivity (Wildman–Crippen MR) is 80.8 cm³/mol. The van der Waals surface area contributed by atoms with Gasteiger partial charge in [0, 0.05) is 61.4 Å². The monoisotopic (exact) mass is 277 g/mol. The van der Waals surface area contributed by atoms with Crippen molar-refractivity contribution in [1.29, 1.82) is 0 Å². The molecule has 0 radical (unpaired) electrons. The zero-order valence-electron chi connectivity index (χ0n) is 11.3. The number of aryl methyl sites for hydroxylation is 1. The number of nitrogens with one attached hydrogen (secondary N) is 1. The molecular formula is C15H20ClN3. The average Bonchev–Trinajstić information content (AvgIpc) is 2.77. The maximum Gasteiger partial charge on any atom is 0.0498 e. The molecule has 0 saturated carbocycles. The van der Waals surface area contributed by atoms with Gasteiger partial charge in [-0.05, 0) is 24.6 Å². The van der Waals surface area contributed by atoms with Gasteiger partial charge in [0.2, 0.25) is 0 Å². The smallest absolute Gasteiger partial charge is 0.0498 e. The van der Waals surface area contributed by atoms with Gasteiger partial charge >= 0.3 is 0 Å². The van der Waals surface area contributed by atoms with Crippen molar-refractivity contribution < 1.29 is 0 Å². The standard InChI is InChI=1S/C15H20ClN3/c1-2-19-11-12(10-18-7-5-17-6-8-18)14-4-3-13(16)9-15(14)19/h3-4,9,11,17H,2,5-8,10H2,1H3. The summed E-state index contributed by atoms with van der Waals surface area (Å²) in [6, 6.07) is 6.22. The van der Waals surface area contributed by atoms with E-state index in [4.69, 9.17) is 11.6 Å². The molecule has 0 aliphatic carbocycles. The van der Waals surface area contributed by atoms with E-state index in [1.165, 1.54) is 16.5 Å². The Morgan fingerprint density at radius 2 is 2.05 bits per heavy atom. The van der Waals surface area contributed by atoms with Crippen molar-refractivity contribution >= 4 is 22.5 Å². The van der Waals surface area contributed by atoms with Crippen LogP contribution in [0.15, 0.2) is 24.4 Å². The van der Waals surface area contributed by atoms with E-state index in [0.717, 1.165) is 44.3 Å². The molecule has 0 spiro atoms. The van der Waals surface area contributed by atoms with Gasteiger partial charge in [-0.1, -0.05) is 17.7 Å². The minimum Gasteiger partial charge on any atom is -0.347 e. The van der Waals surface area contributed by atoms with Crippen LogP contribution in [0, 0.1) is 0 Å². The van der Waals surface area contributed by atoms with Crippen molar-refractivity contribution in [2.45, 2.75) is 20.0 Å². The van der Waals surface area contributed by atoms with Crippen LogP contribution in [0.25, 0.3) is 10.9 Å². The Hall–Kier alpha value is -1.03. The first kappa shape index (κ1) is 13.0. The van der Waals surface area contributed by atoms with Crippen molar-refractivity contribution in [2.24, 2.45) is 0 Å². The third kappa shape index (κ3) is 2.64. The first-order valence-electron chi connectivity index (χ1n) is 6.98. The van der Waals surface area contributed by atoms with E-state index < -0.39 is 0 Å². The van der Waals surface area contributed by atoms with Crippen LogP contribution in [0.1, 0.15) is 12.5 Å². The van der Waals surface area contributed by atoms with Crippen molar-refractivity contribution in [3.63, 3.8) is 0 Å². The molecule has 2 aromatic rings. The van der Waals surface area contributed by atoms with Gasteiger partial charge in [0.05, 0.1) is 0 Å². The summed E-state index contributed by atoms with van der Waals surface area (Å²) in [7, 11) is 0. The van der Waals surface area contributed by atoms with Gasteiger partial charge < -0.3 is 9.88 Å². The van der Waals surface area contributed by atoms with Crippen LogP contribution in [0.5, 0.6) is 0 Å². The summed E-state index contributed by atoms with van der Waals surface area (Å²) < 4.78 is 2.29. The lowest BCUT2D eigenvalue weighted by molar-refractivity contribution is 0.234. The van der Waals surface area contributed by atoms with Gasteiger partial charge in [0.1, 0.15) is 0 Å². The third-order valence-corrected chi connectivity index (χ3v) is 4.11. The molecule has 1 aliphatic heterocycles. The fourth-order valence-electron chi connectivity index (χ4n) is 2.84. The number of piperazine rings is 1. The zero-order valence-corrected chi connectivity index (χ0v) is 12.1. The number of halogens is 1. The van der Waals surface area contributed by atoms with Crippen molar-refractivity contribution in [1.82, 2.24) is 14.8 Å². The second-order valence-corrected chi connectivity index (χ2v) is 5.56. The summed E-state index contributed by atoms with van der Waals surface area (Å²) in [6.07, 6.45) is 2.28. The van der Waals surface area contributed by atoms with Crippen LogP contribution in [-0.4, -0.2) is 35.6 Å². The Morgan fingerprint density at radius 3 is 2.79 bits per heavy atom. The van der Waals surface area contributed by atoms with Crippen LogP contribution in [0.3, 0.4) is 0 Å². The fraction of sp³-hybridized carbons (Fsp3) is 0.467. The number of hydrogen-bond acceptors (Lipinski definition) is 2. The summed E-state index contributed by atoms with van der Waals surface area (Å²) >= 11 is 6.12. The van der Waals surface area contributed by atoms with Gasteiger partial charge in [0.25, 0.3) is 0 Å². The zero-order chi connectivity index (χ0) is 13.2. The summed E-state index contributed by atoms with van der Waals surface area (Å²) in [4.78, 5) is 2.51. The second kappa shape index (κ2) is 5.53. The van der Waals surface area contributed by atoms with E-state index >= 15 is 0 Å². The van der Waals surface area contributed by atoms with Crippen LogP contribution < -0.4 is 5.32 Å². The summed E-state index contributed by atoms with van der Waals surface area (Å²) in [5.41, 5.74) is 2.66. The predicted octanol–water partition coefficient (Wildman–Crippen LogP) is 2.72. The topological polar surface area (TPSA) is 20.2 Å². The van der Waals surface area contributed by atoms with Crippen LogP contribution in [-0.2, 0) is 13.1 Å². The minimum atomic E-state index is 0.814. The number of aromatic nitrogens is 1. The molecule has 1 fully saturated rings. The van der Waals surface area contributed by atoms with Gasteiger partial charge in [-0.2, -0.15) is 0 Å². The normalized spacial score (nSPS) is 17.2. The number of fused-ring (bicyclic) bond motifs is 1. The number of hydrogen-bond donors (Lipinski definition) is 1. The lowest BCUT2D eigenvalue weighted by atomic mass is 10.1. The molecule has 1 saturated heterocycles. The molecule has 1 aromatic carbocycles. The first-order chi connectivity index (χ1) is 9.28. The largest absolute Gasteiger partial charge is 0.347 e. The maximum absolute atomic E-state index is 6.12. The Labute approximate surface area is 119 Å². The quantitative estimate of drug-likeness (QED) is 0.931. The van der Waals surface area contributed by atoms with E-state index in [2.05, 4.69) is 40.0 Å². The van der Waals surface area contributed by atoms with Crippen LogP contribution >= 0.6 is 11.6 Å². The molecule has 0 unspecified atom stereocenters. The molecule has 1 aliphatic rings. The minimum absolute atomic E-state index is 0.814.